The van der Waals surface area contributed by atoms with Gasteiger partial charge in [-0.1, -0.05) is 30.3 Å². The van der Waals surface area contributed by atoms with Crippen molar-refractivity contribution in [2.45, 2.75) is 18.0 Å². The molecule has 10 heteroatoms. The molecule has 1 heterocycles. The number of aromatic nitrogens is 1. The summed E-state index contributed by atoms with van der Waals surface area (Å²) >= 11 is 0.665. The SMILES string of the molecule is Cc1nc(C(F)(F)F)c(C(=O)Nc2ccccc2-c2ccc(S(C)(=O)=O)cc2)s1. The number of hydrogen-bond acceptors (Lipinski definition) is 5. The molecule has 29 heavy (non-hydrogen) atoms. The molecule has 0 aliphatic rings. The maximum Gasteiger partial charge on any atom is 0.435 e. The predicted octanol–water partition coefficient (Wildman–Crippen LogP) is 4.79. The van der Waals surface area contributed by atoms with Crippen LogP contribution in [0.4, 0.5) is 18.9 Å². The van der Waals surface area contributed by atoms with Crippen LogP contribution < -0.4 is 5.32 Å². The van der Waals surface area contributed by atoms with E-state index in [1.807, 2.05) is 0 Å². The van der Waals surface area contributed by atoms with Crippen LogP contribution in [0.5, 0.6) is 0 Å². The lowest BCUT2D eigenvalue weighted by molar-refractivity contribution is -0.141. The quantitative estimate of drug-likeness (QED) is 0.633. The maximum absolute atomic E-state index is 13.2. The number of rotatable bonds is 4. The monoisotopic (exact) mass is 440 g/mol. The number of alkyl halides is 3. The molecule has 1 amide bonds. The van der Waals surface area contributed by atoms with E-state index in [1.165, 1.54) is 19.1 Å². The van der Waals surface area contributed by atoms with Gasteiger partial charge in [0.15, 0.2) is 15.5 Å². The molecule has 0 radical (unpaired) electrons. The number of amides is 1. The van der Waals surface area contributed by atoms with Gasteiger partial charge in [0.2, 0.25) is 0 Å². The molecule has 0 saturated carbocycles. The van der Waals surface area contributed by atoms with Crippen LogP contribution in [0, 0.1) is 6.92 Å². The van der Waals surface area contributed by atoms with Gasteiger partial charge in [-0.05, 0) is 30.7 Å². The molecule has 0 aliphatic heterocycles. The van der Waals surface area contributed by atoms with Crippen LogP contribution in [0.25, 0.3) is 11.1 Å². The summed E-state index contributed by atoms with van der Waals surface area (Å²) in [6, 6.07) is 12.6. The summed E-state index contributed by atoms with van der Waals surface area (Å²) in [6.45, 7) is 1.40. The molecule has 1 aromatic heterocycles. The Morgan fingerprint density at radius 3 is 2.28 bits per heavy atom. The number of benzene rings is 2. The lowest BCUT2D eigenvalue weighted by atomic mass is 10.0. The highest BCUT2D eigenvalue weighted by molar-refractivity contribution is 7.90. The van der Waals surface area contributed by atoms with E-state index in [9.17, 15) is 26.4 Å². The third-order valence-electron chi connectivity index (χ3n) is 3.98. The number of carbonyl (C=O) groups is 1. The molecule has 3 aromatic rings. The van der Waals surface area contributed by atoms with Crippen LogP contribution in [0.3, 0.4) is 0 Å². The van der Waals surface area contributed by atoms with E-state index < -0.39 is 32.5 Å². The molecule has 3 rings (SSSR count). The van der Waals surface area contributed by atoms with E-state index in [2.05, 4.69) is 10.3 Å². The molecule has 0 aliphatic carbocycles. The number of carbonyl (C=O) groups excluding carboxylic acids is 1. The first-order valence-electron chi connectivity index (χ1n) is 8.22. The number of halogens is 3. The highest BCUT2D eigenvalue weighted by Gasteiger charge is 2.39. The topological polar surface area (TPSA) is 76.1 Å². The smallest absolute Gasteiger partial charge is 0.321 e. The minimum atomic E-state index is -4.74. The molecule has 1 N–H and O–H groups in total. The van der Waals surface area contributed by atoms with E-state index in [0.29, 0.717) is 28.2 Å². The number of sulfone groups is 1. The Morgan fingerprint density at radius 2 is 1.69 bits per heavy atom. The molecule has 0 saturated heterocycles. The van der Waals surface area contributed by atoms with Crippen molar-refractivity contribution in [1.29, 1.82) is 0 Å². The number of para-hydroxylation sites is 1. The van der Waals surface area contributed by atoms with E-state index in [1.54, 1.807) is 36.4 Å². The van der Waals surface area contributed by atoms with E-state index in [-0.39, 0.29) is 9.90 Å². The predicted molar refractivity (Wildman–Crippen MR) is 105 cm³/mol. The average molecular weight is 440 g/mol. The van der Waals surface area contributed by atoms with Crippen molar-refractivity contribution in [2.24, 2.45) is 0 Å². The zero-order valence-electron chi connectivity index (χ0n) is 15.2. The normalized spacial score (nSPS) is 12.0. The largest absolute Gasteiger partial charge is 0.435 e. The Bertz CT molecular complexity index is 1170. The molecule has 0 spiro atoms. The molecule has 2 aromatic carbocycles. The number of aryl methyl sites for hydroxylation is 1. The van der Waals surface area contributed by atoms with Crippen LogP contribution in [0.15, 0.2) is 53.4 Å². The van der Waals surface area contributed by atoms with Gasteiger partial charge in [0.25, 0.3) is 5.91 Å². The van der Waals surface area contributed by atoms with Crippen LogP contribution in [0.1, 0.15) is 20.4 Å². The molecule has 5 nitrogen and oxygen atoms in total. The summed E-state index contributed by atoms with van der Waals surface area (Å²) in [5.41, 5.74) is 0.219. The second kappa shape index (κ2) is 7.60. The first-order chi connectivity index (χ1) is 13.5. The lowest BCUT2D eigenvalue weighted by Crippen LogP contribution is -2.17. The summed E-state index contributed by atoms with van der Waals surface area (Å²) in [7, 11) is -3.37. The second-order valence-corrected chi connectivity index (χ2v) is 9.42. The zero-order chi connectivity index (χ0) is 21.4. The highest BCUT2D eigenvalue weighted by atomic mass is 32.2. The molecule has 0 atom stereocenters. The lowest BCUT2D eigenvalue weighted by Gasteiger charge is -2.12. The fourth-order valence-corrected chi connectivity index (χ4v) is 4.14. The van der Waals surface area contributed by atoms with Gasteiger partial charge in [-0.15, -0.1) is 11.3 Å². The number of anilines is 1. The summed E-state index contributed by atoms with van der Waals surface area (Å²) in [4.78, 5) is 15.6. The fraction of sp³-hybridized carbons (Fsp3) is 0.158. The van der Waals surface area contributed by atoms with E-state index in [4.69, 9.17) is 0 Å². The van der Waals surface area contributed by atoms with Gasteiger partial charge in [0.1, 0.15) is 4.88 Å². The second-order valence-electron chi connectivity index (χ2n) is 6.20. The Morgan fingerprint density at radius 1 is 1.07 bits per heavy atom. The van der Waals surface area contributed by atoms with Gasteiger partial charge in [-0.3, -0.25) is 4.79 Å². The molecule has 0 fully saturated rings. The van der Waals surface area contributed by atoms with Gasteiger partial charge >= 0.3 is 6.18 Å². The summed E-state index contributed by atoms with van der Waals surface area (Å²) in [5.74, 6) is -0.914. The molecule has 0 unspecified atom stereocenters. The van der Waals surface area contributed by atoms with Gasteiger partial charge in [0.05, 0.1) is 9.90 Å². The van der Waals surface area contributed by atoms with Gasteiger partial charge in [-0.2, -0.15) is 13.2 Å². The fourth-order valence-electron chi connectivity index (χ4n) is 2.68. The minimum absolute atomic E-state index is 0.132. The first kappa shape index (κ1) is 21.0. The van der Waals surface area contributed by atoms with Crippen molar-refractivity contribution in [3.05, 3.63) is 64.1 Å². The minimum Gasteiger partial charge on any atom is -0.321 e. The maximum atomic E-state index is 13.2. The Kier molecular flexibility index (Phi) is 5.50. The van der Waals surface area contributed by atoms with Gasteiger partial charge in [-0.25, -0.2) is 13.4 Å². The molecule has 0 bridgehead atoms. The highest BCUT2D eigenvalue weighted by Crippen LogP contribution is 2.35. The molecule has 152 valence electrons. The number of nitrogens with one attached hydrogen (secondary N) is 1. The Labute approximate surface area is 169 Å². The van der Waals surface area contributed by atoms with Crippen LogP contribution in [0.2, 0.25) is 0 Å². The number of thiazole rings is 1. The van der Waals surface area contributed by atoms with Gasteiger partial charge in [0, 0.05) is 17.5 Å². The Balaban J connectivity index is 1.96. The van der Waals surface area contributed by atoms with Crippen LogP contribution >= 0.6 is 11.3 Å². The van der Waals surface area contributed by atoms with Gasteiger partial charge < -0.3 is 5.32 Å². The molecular weight excluding hydrogens is 425 g/mol. The molecular formula is C19H15F3N2O3S2. The number of hydrogen-bond donors (Lipinski definition) is 1. The van der Waals surface area contributed by atoms with E-state index in [0.717, 1.165) is 6.26 Å². The summed E-state index contributed by atoms with van der Waals surface area (Å²) < 4.78 is 62.7. The van der Waals surface area contributed by atoms with Crippen molar-refractivity contribution < 1.29 is 26.4 Å². The van der Waals surface area contributed by atoms with E-state index >= 15 is 0 Å². The van der Waals surface area contributed by atoms with Crippen molar-refractivity contribution in [3.63, 3.8) is 0 Å². The van der Waals surface area contributed by atoms with Crippen molar-refractivity contribution in [3.8, 4) is 11.1 Å². The first-order valence-corrected chi connectivity index (χ1v) is 10.9. The summed E-state index contributed by atoms with van der Waals surface area (Å²) in [5, 5.41) is 2.64. The number of nitrogens with zero attached hydrogens (tertiary/aromatic N) is 1. The standard InChI is InChI=1S/C19H15F3N2O3S2/c1-11-23-17(19(20,21)22)16(28-11)18(25)24-15-6-4-3-5-14(15)12-7-9-13(10-8-12)29(2,26)27/h3-10H,1-2H3,(H,24,25). The Hall–Kier alpha value is -2.72. The zero-order valence-corrected chi connectivity index (χ0v) is 16.9. The average Bonchev–Trinajstić information content (AvgIpc) is 3.04. The van der Waals surface area contributed by atoms with Crippen molar-refractivity contribution in [2.75, 3.05) is 11.6 Å². The van der Waals surface area contributed by atoms with Crippen LogP contribution in [-0.2, 0) is 16.0 Å². The van der Waals surface area contributed by atoms with Crippen molar-refractivity contribution in [1.82, 2.24) is 4.98 Å². The van der Waals surface area contributed by atoms with Crippen LogP contribution in [-0.4, -0.2) is 25.6 Å². The summed E-state index contributed by atoms with van der Waals surface area (Å²) in [6.07, 6.45) is -3.65. The third-order valence-corrected chi connectivity index (χ3v) is 6.08. The van der Waals surface area contributed by atoms with Crippen molar-refractivity contribution >= 4 is 32.8 Å². The third kappa shape index (κ3) is 4.65.